The molecule has 1 aliphatic rings. The molecule has 0 amide bonds. The predicted octanol–water partition coefficient (Wildman–Crippen LogP) is 2.46. The van der Waals surface area contributed by atoms with Crippen molar-refractivity contribution in [1.29, 1.82) is 0 Å². The second-order valence-corrected chi connectivity index (χ2v) is 7.01. The van der Waals surface area contributed by atoms with Crippen molar-refractivity contribution in [2.45, 2.75) is 42.5 Å². The molecule has 0 unspecified atom stereocenters. The number of sulfonamides is 1. The lowest BCUT2D eigenvalue weighted by Crippen LogP contribution is -2.51. The summed E-state index contributed by atoms with van der Waals surface area (Å²) in [6.45, 7) is 0. The highest BCUT2D eigenvalue weighted by Gasteiger charge is 2.35. The molecule has 1 aromatic heterocycles. The topological polar surface area (TPSA) is 59.1 Å². The summed E-state index contributed by atoms with van der Waals surface area (Å²) in [6.07, 6.45) is 8.05. The van der Waals surface area contributed by atoms with Gasteiger partial charge in [-0.2, -0.15) is 0 Å². The van der Waals surface area contributed by atoms with E-state index in [2.05, 4.69) is 25.6 Å². The number of nitrogens with one attached hydrogen (secondary N) is 1. The molecular weight excluding hydrogens is 316 g/mol. The van der Waals surface area contributed by atoms with Crippen LogP contribution in [0.25, 0.3) is 0 Å². The van der Waals surface area contributed by atoms with Crippen molar-refractivity contribution in [2.75, 3.05) is 5.33 Å². The maximum Gasteiger partial charge on any atom is 0.242 e. The average Bonchev–Trinajstić information content (AvgIpc) is 2.40. The first-order valence-corrected chi connectivity index (χ1v) is 8.68. The molecule has 0 saturated heterocycles. The number of alkyl halides is 1. The number of aromatic nitrogens is 1. The summed E-state index contributed by atoms with van der Waals surface area (Å²) < 4.78 is 27.4. The van der Waals surface area contributed by atoms with E-state index in [-0.39, 0.29) is 10.4 Å². The maximum atomic E-state index is 12.3. The van der Waals surface area contributed by atoms with Gasteiger partial charge in [0, 0.05) is 23.3 Å². The number of rotatable bonds is 4. The minimum absolute atomic E-state index is 0.232. The molecule has 1 heterocycles. The number of pyridine rings is 1. The smallest absolute Gasteiger partial charge is 0.242 e. The summed E-state index contributed by atoms with van der Waals surface area (Å²) in [4.78, 5) is 4.09. The van der Waals surface area contributed by atoms with Crippen molar-refractivity contribution in [3.05, 3.63) is 24.5 Å². The molecule has 1 saturated carbocycles. The normalized spacial score (nSPS) is 19.6. The molecule has 18 heavy (non-hydrogen) atoms. The molecular formula is C12H17BrN2O2S. The van der Waals surface area contributed by atoms with Crippen LogP contribution >= 0.6 is 15.9 Å². The highest BCUT2D eigenvalue weighted by molar-refractivity contribution is 9.09. The van der Waals surface area contributed by atoms with Crippen molar-refractivity contribution in [1.82, 2.24) is 9.71 Å². The van der Waals surface area contributed by atoms with Crippen LogP contribution in [0.3, 0.4) is 0 Å². The number of halogens is 1. The fourth-order valence-corrected chi connectivity index (χ4v) is 4.65. The minimum Gasteiger partial charge on any atom is -0.263 e. The van der Waals surface area contributed by atoms with Crippen LogP contribution in [0.15, 0.2) is 29.4 Å². The first-order chi connectivity index (χ1) is 8.58. The third-order valence-corrected chi connectivity index (χ3v) is 6.00. The molecule has 0 spiro atoms. The molecule has 0 aromatic carbocycles. The SMILES string of the molecule is O=S(=O)(NC1(CBr)CCCCC1)c1cccnc1. The van der Waals surface area contributed by atoms with Crippen LogP contribution in [0.4, 0.5) is 0 Å². The number of nitrogens with zero attached hydrogens (tertiary/aromatic N) is 1. The van der Waals surface area contributed by atoms with Crippen LogP contribution in [0.5, 0.6) is 0 Å². The molecule has 0 aliphatic heterocycles. The van der Waals surface area contributed by atoms with Crippen LogP contribution in [-0.4, -0.2) is 24.3 Å². The van der Waals surface area contributed by atoms with E-state index in [1.807, 2.05) is 0 Å². The molecule has 1 fully saturated rings. The first kappa shape index (κ1) is 14.0. The van der Waals surface area contributed by atoms with Gasteiger partial charge in [-0.25, -0.2) is 13.1 Å². The molecule has 100 valence electrons. The minimum atomic E-state index is -3.47. The molecule has 1 aliphatic carbocycles. The van der Waals surface area contributed by atoms with E-state index < -0.39 is 10.0 Å². The zero-order valence-electron chi connectivity index (χ0n) is 10.1. The second kappa shape index (κ2) is 5.67. The van der Waals surface area contributed by atoms with Crippen molar-refractivity contribution >= 4 is 26.0 Å². The van der Waals surface area contributed by atoms with E-state index >= 15 is 0 Å². The fraction of sp³-hybridized carbons (Fsp3) is 0.583. The van der Waals surface area contributed by atoms with Crippen molar-refractivity contribution < 1.29 is 8.42 Å². The average molecular weight is 333 g/mol. The summed E-state index contributed by atoms with van der Waals surface area (Å²) in [5.41, 5.74) is -0.340. The Morgan fingerprint density at radius 1 is 1.33 bits per heavy atom. The summed E-state index contributed by atoms with van der Waals surface area (Å²) in [5, 5.41) is 0.652. The number of hydrogen-bond acceptors (Lipinski definition) is 3. The molecule has 1 N–H and O–H groups in total. The van der Waals surface area contributed by atoms with Crippen LogP contribution in [0, 0.1) is 0 Å². The van der Waals surface area contributed by atoms with Gasteiger partial charge in [0.05, 0.1) is 0 Å². The van der Waals surface area contributed by atoms with Crippen LogP contribution < -0.4 is 4.72 Å². The van der Waals surface area contributed by atoms with Crippen LogP contribution in [-0.2, 0) is 10.0 Å². The molecule has 0 atom stereocenters. The van der Waals surface area contributed by atoms with Crippen molar-refractivity contribution in [3.8, 4) is 0 Å². The molecule has 6 heteroatoms. The van der Waals surface area contributed by atoms with E-state index in [1.165, 1.54) is 12.6 Å². The molecule has 0 bridgehead atoms. The quantitative estimate of drug-likeness (QED) is 0.861. The monoisotopic (exact) mass is 332 g/mol. The van der Waals surface area contributed by atoms with Gasteiger partial charge in [-0.3, -0.25) is 4.98 Å². The highest BCUT2D eigenvalue weighted by atomic mass is 79.9. The van der Waals surface area contributed by atoms with E-state index in [9.17, 15) is 8.42 Å². The Bertz CT molecular complexity index is 484. The third-order valence-electron chi connectivity index (χ3n) is 3.36. The fourth-order valence-electron chi connectivity index (χ4n) is 2.34. The molecule has 4 nitrogen and oxygen atoms in total. The lowest BCUT2D eigenvalue weighted by atomic mass is 9.84. The van der Waals surface area contributed by atoms with Crippen molar-refractivity contribution in [2.24, 2.45) is 0 Å². The molecule has 0 radical (unpaired) electrons. The van der Waals surface area contributed by atoms with Gasteiger partial charge < -0.3 is 0 Å². The maximum absolute atomic E-state index is 12.3. The highest BCUT2D eigenvalue weighted by Crippen LogP contribution is 2.31. The van der Waals surface area contributed by atoms with Crippen molar-refractivity contribution in [3.63, 3.8) is 0 Å². The summed E-state index contributed by atoms with van der Waals surface area (Å²) in [6, 6.07) is 3.20. The zero-order valence-corrected chi connectivity index (χ0v) is 12.5. The Kier molecular flexibility index (Phi) is 4.40. The summed E-state index contributed by atoms with van der Waals surface area (Å²) in [7, 11) is -3.47. The largest absolute Gasteiger partial charge is 0.263 e. The van der Waals surface area contributed by atoms with Gasteiger partial charge in [0.1, 0.15) is 4.90 Å². The predicted molar refractivity (Wildman–Crippen MR) is 74.2 cm³/mol. The van der Waals surface area contributed by atoms with Gasteiger partial charge in [0.2, 0.25) is 10.0 Å². The van der Waals surface area contributed by atoms with E-state index in [1.54, 1.807) is 18.3 Å². The Morgan fingerprint density at radius 3 is 2.61 bits per heavy atom. The Hall–Kier alpha value is -0.460. The second-order valence-electron chi connectivity index (χ2n) is 4.77. The van der Waals surface area contributed by atoms with Crippen LogP contribution in [0.2, 0.25) is 0 Å². The van der Waals surface area contributed by atoms with E-state index in [0.29, 0.717) is 5.33 Å². The summed E-state index contributed by atoms with van der Waals surface area (Å²) >= 11 is 3.45. The van der Waals surface area contributed by atoms with Crippen LogP contribution in [0.1, 0.15) is 32.1 Å². The molecule has 1 aromatic rings. The third kappa shape index (κ3) is 3.10. The van der Waals surface area contributed by atoms with E-state index in [0.717, 1.165) is 25.7 Å². The van der Waals surface area contributed by atoms with Gasteiger partial charge in [0.25, 0.3) is 0 Å². The van der Waals surface area contributed by atoms with Gasteiger partial charge in [-0.05, 0) is 25.0 Å². The Morgan fingerprint density at radius 2 is 2.06 bits per heavy atom. The zero-order chi connectivity index (χ0) is 13.1. The first-order valence-electron chi connectivity index (χ1n) is 6.08. The van der Waals surface area contributed by atoms with E-state index in [4.69, 9.17) is 0 Å². The molecule has 2 rings (SSSR count). The van der Waals surface area contributed by atoms with Gasteiger partial charge in [0.15, 0.2) is 0 Å². The Labute approximate surface area is 116 Å². The van der Waals surface area contributed by atoms with Gasteiger partial charge in [-0.15, -0.1) is 0 Å². The lowest BCUT2D eigenvalue weighted by molar-refractivity contribution is 0.301. The Balaban J connectivity index is 2.21. The standard InChI is InChI=1S/C12H17BrN2O2S/c13-10-12(6-2-1-3-7-12)15-18(16,17)11-5-4-8-14-9-11/h4-5,8-9,15H,1-3,6-7,10H2. The number of hydrogen-bond donors (Lipinski definition) is 1. The van der Waals surface area contributed by atoms with Gasteiger partial charge >= 0.3 is 0 Å². The summed E-state index contributed by atoms with van der Waals surface area (Å²) in [5.74, 6) is 0. The van der Waals surface area contributed by atoms with Gasteiger partial charge in [-0.1, -0.05) is 35.2 Å². The lowest BCUT2D eigenvalue weighted by Gasteiger charge is -2.36.